The van der Waals surface area contributed by atoms with Crippen molar-refractivity contribution in [3.63, 3.8) is 0 Å². The van der Waals surface area contributed by atoms with Gasteiger partial charge in [-0.1, -0.05) is 36.4 Å². The summed E-state index contributed by atoms with van der Waals surface area (Å²) in [5.41, 5.74) is 2.58. The van der Waals surface area contributed by atoms with E-state index >= 15 is 0 Å². The fraction of sp³-hybridized carbons (Fsp3) is 0. The predicted molar refractivity (Wildman–Crippen MR) is 95.7 cm³/mol. The second kappa shape index (κ2) is 6.01. The molecule has 0 atom stereocenters. The van der Waals surface area contributed by atoms with Crippen molar-refractivity contribution in [3.8, 4) is 0 Å². The second-order valence-corrected chi connectivity index (χ2v) is 6.03. The van der Waals surface area contributed by atoms with Gasteiger partial charge in [-0.05, 0) is 53.2 Å². The molecule has 4 nitrogen and oxygen atoms in total. The van der Waals surface area contributed by atoms with Gasteiger partial charge in [-0.2, -0.15) is 0 Å². The molecule has 0 radical (unpaired) electrons. The Morgan fingerprint density at radius 2 is 1.23 bits per heavy atom. The van der Waals surface area contributed by atoms with E-state index in [4.69, 9.17) is 0 Å². The van der Waals surface area contributed by atoms with Gasteiger partial charge in [-0.25, -0.2) is 0 Å². The largest absolute Gasteiger partial charge is 0.290 e. The fourth-order valence-corrected chi connectivity index (χ4v) is 3.15. The molecule has 0 saturated heterocycles. The highest BCUT2D eigenvalue weighted by Gasteiger charge is 2.29. The Morgan fingerprint density at radius 3 is 1.96 bits per heavy atom. The summed E-state index contributed by atoms with van der Waals surface area (Å²) in [5, 5.41) is 0. The van der Waals surface area contributed by atoms with Crippen molar-refractivity contribution in [2.24, 2.45) is 0 Å². The fourth-order valence-electron chi connectivity index (χ4n) is 3.15. The van der Waals surface area contributed by atoms with Gasteiger partial charge in [0, 0.05) is 16.7 Å². The van der Waals surface area contributed by atoms with Crippen molar-refractivity contribution in [1.82, 2.24) is 0 Å². The van der Waals surface area contributed by atoms with E-state index < -0.39 is 0 Å². The first kappa shape index (κ1) is 15.8. The number of fused-ring (bicyclic) bond motifs is 1. The van der Waals surface area contributed by atoms with E-state index in [1.807, 2.05) is 0 Å². The normalized spacial score (nSPS) is 18.9. The number of rotatable bonds is 1. The summed E-state index contributed by atoms with van der Waals surface area (Å²) in [6.45, 7) is 0. The van der Waals surface area contributed by atoms with E-state index in [0.29, 0.717) is 27.8 Å². The Hall–Kier alpha value is -3.66. The highest BCUT2D eigenvalue weighted by molar-refractivity contribution is 6.27. The summed E-state index contributed by atoms with van der Waals surface area (Å²) >= 11 is 0. The highest BCUT2D eigenvalue weighted by Crippen LogP contribution is 2.33. The summed E-state index contributed by atoms with van der Waals surface area (Å²) in [5.74, 6) is -0.961. The zero-order chi connectivity index (χ0) is 18.3. The van der Waals surface area contributed by atoms with Gasteiger partial charge in [0.1, 0.15) is 0 Å². The third-order valence-electron chi connectivity index (χ3n) is 4.40. The summed E-state index contributed by atoms with van der Waals surface area (Å²) in [4.78, 5) is 48.7. The highest BCUT2D eigenvalue weighted by atomic mass is 16.1. The zero-order valence-electron chi connectivity index (χ0n) is 13.6. The SMILES string of the molecule is O=C1C=CC(=C2C=CC(=O)C=C2C2=CC(=O)c3ccccc3C2=O)C=C1. The van der Waals surface area contributed by atoms with E-state index in [0.717, 1.165) is 0 Å². The molecule has 0 heterocycles. The predicted octanol–water partition coefficient (Wildman–Crippen LogP) is 3.05. The van der Waals surface area contributed by atoms with Crippen LogP contribution in [0.3, 0.4) is 0 Å². The quantitative estimate of drug-likeness (QED) is 0.788. The first-order valence-electron chi connectivity index (χ1n) is 8.03. The Labute approximate surface area is 149 Å². The molecule has 1 aromatic carbocycles. The van der Waals surface area contributed by atoms with Gasteiger partial charge in [0.15, 0.2) is 23.1 Å². The summed E-state index contributed by atoms with van der Waals surface area (Å²) in [6, 6.07) is 6.62. The van der Waals surface area contributed by atoms with Gasteiger partial charge in [0.05, 0.1) is 0 Å². The average Bonchev–Trinajstić information content (AvgIpc) is 2.65. The number of hydrogen-bond donors (Lipinski definition) is 0. The van der Waals surface area contributed by atoms with E-state index in [1.54, 1.807) is 42.5 Å². The third-order valence-corrected chi connectivity index (χ3v) is 4.40. The molecule has 0 aromatic heterocycles. The summed E-state index contributed by atoms with van der Waals surface area (Å²) in [7, 11) is 0. The molecule has 1 aromatic rings. The van der Waals surface area contributed by atoms with Crippen LogP contribution in [0.25, 0.3) is 0 Å². The lowest BCUT2D eigenvalue weighted by Gasteiger charge is -2.21. The van der Waals surface area contributed by atoms with Crippen LogP contribution in [0.5, 0.6) is 0 Å². The van der Waals surface area contributed by atoms with Crippen molar-refractivity contribution in [2.75, 3.05) is 0 Å². The molecule has 3 aliphatic rings. The molecule has 0 aliphatic heterocycles. The average molecular weight is 340 g/mol. The van der Waals surface area contributed by atoms with Crippen LogP contribution in [-0.2, 0) is 9.59 Å². The standard InChI is InChI=1S/C22H12O4/c23-14-7-5-13(6-8-14)16-10-9-15(24)11-19(16)20-12-21(25)17-3-1-2-4-18(17)22(20)26/h1-12H. The van der Waals surface area contributed by atoms with Crippen LogP contribution in [0.15, 0.2) is 95.2 Å². The van der Waals surface area contributed by atoms with Crippen molar-refractivity contribution in [3.05, 3.63) is 106 Å². The smallest absolute Gasteiger partial charge is 0.194 e. The van der Waals surface area contributed by atoms with Crippen LogP contribution in [0, 0.1) is 0 Å². The van der Waals surface area contributed by atoms with Gasteiger partial charge < -0.3 is 0 Å². The van der Waals surface area contributed by atoms with Gasteiger partial charge in [-0.15, -0.1) is 0 Å². The number of allylic oxidation sites excluding steroid dienone is 12. The molecule has 0 amide bonds. The Bertz CT molecular complexity index is 1070. The van der Waals surface area contributed by atoms with Crippen LogP contribution in [-0.4, -0.2) is 23.1 Å². The number of carbonyl (C=O) groups is 4. The maximum Gasteiger partial charge on any atom is 0.194 e. The first-order chi connectivity index (χ1) is 12.5. The minimum Gasteiger partial charge on any atom is -0.290 e. The number of Topliss-reactive ketones (excluding diaryl/α,β-unsaturated/α-hetero) is 1. The second-order valence-electron chi connectivity index (χ2n) is 6.03. The molecule has 26 heavy (non-hydrogen) atoms. The maximum absolute atomic E-state index is 12.9. The van der Waals surface area contributed by atoms with Gasteiger partial charge >= 0.3 is 0 Å². The molecule has 3 aliphatic carbocycles. The number of benzene rings is 1. The van der Waals surface area contributed by atoms with Crippen molar-refractivity contribution in [1.29, 1.82) is 0 Å². The van der Waals surface area contributed by atoms with E-state index in [2.05, 4.69) is 0 Å². The number of carbonyl (C=O) groups excluding carboxylic acids is 4. The topological polar surface area (TPSA) is 68.3 Å². The summed E-state index contributed by atoms with van der Waals surface area (Å²) in [6.07, 6.45) is 11.7. The minimum atomic E-state index is -0.299. The molecule has 4 rings (SSSR count). The molecule has 4 heteroatoms. The van der Waals surface area contributed by atoms with Crippen LogP contribution < -0.4 is 0 Å². The van der Waals surface area contributed by atoms with Gasteiger partial charge in [0.2, 0.25) is 0 Å². The van der Waals surface area contributed by atoms with Crippen LogP contribution in [0.1, 0.15) is 20.7 Å². The van der Waals surface area contributed by atoms with Gasteiger partial charge in [-0.3, -0.25) is 19.2 Å². The lowest BCUT2D eigenvalue weighted by atomic mass is 9.80. The molecule has 0 unspecified atom stereocenters. The molecule has 0 spiro atoms. The van der Waals surface area contributed by atoms with Crippen LogP contribution >= 0.6 is 0 Å². The molecular formula is C22H12O4. The van der Waals surface area contributed by atoms with E-state index in [9.17, 15) is 19.2 Å². The maximum atomic E-state index is 12.9. The Kier molecular flexibility index (Phi) is 3.66. The van der Waals surface area contributed by atoms with Crippen LogP contribution in [0.2, 0.25) is 0 Å². The Morgan fingerprint density at radius 1 is 0.577 bits per heavy atom. The monoisotopic (exact) mass is 340 g/mol. The summed E-state index contributed by atoms with van der Waals surface area (Å²) < 4.78 is 0. The molecule has 0 saturated carbocycles. The lowest BCUT2D eigenvalue weighted by Crippen LogP contribution is -2.20. The third kappa shape index (κ3) is 2.58. The van der Waals surface area contributed by atoms with Crippen molar-refractivity contribution < 1.29 is 19.2 Å². The molecule has 0 N–H and O–H groups in total. The number of hydrogen-bond acceptors (Lipinski definition) is 4. The van der Waals surface area contributed by atoms with Gasteiger partial charge in [0.25, 0.3) is 0 Å². The van der Waals surface area contributed by atoms with E-state index in [-0.39, 0.29) is 28.7 Å². The first-order valence-corrected chi connectivity index (χ1v) is 8.03. The minimum absolute atomic E-state index is 0.132. The molecule has 0 fully saturated rings. The van der Waals surface area contributed by atoms with Crippen molar-refractivity contribution >= 4 is 23.1 Å². The molecule has 0 bridgehead atoms. The van der Waals surface area contributed by atoms with Crippen LogP contribution in [0.4, 0.5) is 0 Å². The molecular weight excluding hydrogens is 328 g/mol. The van der Waals surface area contributed by atoms with Crippen molar-refractivity contribution in [2.45, 2.75) is 0 Å². The Balaban J connectivity index is 1.87. The van der Waals surface area contributed by atoms with E-state index in [1.165, 1.54) is 30.4 Å². The molecule has 124 valence electrons. The lowest BCUT2D eigenvalue weighted by molar-refractivity contribution is -0.111. The zero-order valence-corrected chi connectivity index (χ0v) is 13.6. The number of ketones is 4.